The number of carbonyl (C=O) groups excluding carboxylic acids is 1. The molecular weight excluding hydrogens is 240 g/mol. The zero-order valence-corrected chi connectivity index (χ0v) is 10.0. The van der Waals surface area contributed by atoms with Crippen molar-refractivity contribution in [1.29, 1.82) is 5.26 Å². The molecule has 4 heteroatoms. The van der Waals surface area contributed by atoms with E-state index in [0.29, 0.717) is 17.9 Å². The minimum atomic E-state index is 0.509. The molecule has 0 amide bonds. The minimum absolute atomic E-state index is 0.509. The van der Waals surface area contributed by atoms with Crippen LogP contribution in [-0.2, 0) is 11.2 Å². The number of hydrogen-bond donors (Lipinski definition) is 0. The van der Waals surface area contributed by atoms with Gasteiger partial charge in [0.15, 0.2) is 0 Å². The van der Waals surface area contributed by atoms with Crippen LogP contribution in [0.2, 0.25) is 0 Å². The Kier molecular flexibility index (Phi) is 4.07. The Hall–Kier alpha value is -2.89. The van der Waals surface area contributed by atoms with Crippen molar-refractivity contribution in [3.05, 3.63) is 59.7 Å². The van der Waals surface area contributed by atoms with Crippen molar-refractivity contribution in [3.63, 3.8) is 0 Å². The number of benzene rings is 2. The zero-order chi connectivity index (χ0) is 13.5. The van der Waals surface area contributed by atoms with Crippen molar-refractivity contribution >= 4 is 11.8 Å². The van der Waals surface area contributed by atoms with E-state index in [9.17, 15) is 4.79 Å². The van der Waals surface area contributed by atoms with E-state index in [-0.39, 0.29) is 0 Å². The van der Waals surface area contributed by atoms with Crippen LogP contribution < -0.4 is 4.74 Å². The molecule has 2 rings (SSSR count). The Morgan fingerprint density at radius 2 is 1.74 bits per heavy atom. The summed E-state index contributed by atoms with van der Waals surface area (Å²) in [4.78, 5) is 14.1. The van der Waals surface area contributed by atoms with Crippen LogP contribution in [-0.4, -0.2) is 6.08 Å². The molecule has 0 N–H and O–H groups in total. The third kappa shape index (κ3) is 3.06. The summed E-state index contributed by atoms with van der Waals surface area (Å²) in [7, 11) is 0. The molecule has 19 heavy (non-hydrogen) atoms. The van der Waals surface area contributed by atoms with Gasteiger partial charge in [-0.25, -0.2) is 4.79 Å². The lowest BCUT2D eigenvalue weighted by Gasteiger charge is -2.07. The maximum atomic E-state index is 10.4. The molecule has 0 radical (unpaired) electrons. The van der Waals surface area contributed by atoms with Crippen LogP contribution in [0.25, 0.3) is 0 Å². The number of nitrogens with zero attached hydrogens (tertiary/aromatic N) is 2. The standard InChI is InChI=1S/C15H10N2O2/c16-10-19-15-8-4-2-6-13(15)9-12-5-1-3-7-14(12)17-11-18/h1-8H,9H2. The van der Waals surface area contributed by atoms with Gasteiger partial charge in [-0.05, 0) is 17.7 Å². The fourth-order valence-corrected chi connectivity index (χ4v) is 1.82. The Labute approximate surface area is 110 Å². The molecule has 0 heterocycles. The van der Waals surface area contributed by atoms with Crippen molar-refractivity contribution in [1.82, 2.24) is 0 Å². The summed E-state index contributed by atoms with van der Waals surface area (Å²) in [5, 5.41) is 8.61. The Morgan fingerprint density at radius 1 is 1.05 bits per heavy atom. The molecule has 0 saturated heterocycles. The summed E-state index contributed by atoms with van der Waals surface area (Å²) in [6, 6.07) is 14.5. The molecule has 0 spiro atoms. The van der Waals surface area contributed by atoms with Crippen LogP contribution >= 0.6 is 0 Å². The zero-order valence-electron chi connectivity index (χ0n) is 10.0. The molecule has 0 aliphatic heterocycles. The monoisotopic (exact) mass is 250 g/mol. The molecule has 0 bridgehead atoms. The first-order chi connectivity index (χ1) is 9.35. The number of isocyanates is 1. The highest BCUT2D eigenvalue weighted by molar-refractivity contribution is 5.55. The van der Waals surface area contributed by atoms with Gasteiger partial charge in [-0.3, -0.25) is 0 Å². The summed E-state index contributed by atoms with van der Waals surface area (Å²) in [6.07, 6.45) is 3.73. The molecule has 2 aromatic rings. The molecular formula is C15H10N2O2. The highest BCUT2D eigenvalue weighted by Crippen LogP contribution is 2.26. The van der Waals surface area contributed by atoms with E-state index in [1.807, 2.05) is 24.3 Å². The molecule has 0 saturated carbocycles. The van der Waals surface area contributed by atoms with Gasteiger partial charge < -0.3 is 4.74 Å². The number of aliphatic imine (C=N–C) groups is 1. The van der Waals surface area contributed by atoms with Crippen molar-refractivity contribution < 1.29 is 9.53 Å². The van der Waals surface area contributed by atoms with E-state index in [1.54, 1.807) is 36.6 Å². The Morgan fingerprint density at radius 3 is 2.47 bits per heavy atom. The number of hydrogen-bond acceptors (Lipinski definition) is 4. The predicted octanol–water partition coefficient (Wildman–Crippen LogP) is 3.10. The fourth-order valence-electron chi connectivity index (χ4n) is 1.82. The van der Waals surface area contributed by atoms with Gasteiger partial charge in [0.1, 0.15) is 5.75 Å². The first-order valence-corrected chi connectivity index (χ1v) is 5.65. The molecule has 0 fully saturated rings. The van der Waals surface area contributed by atoms with Crippen LogP contribution in [0.15, 0.2) is 53.5 Å². The largest absolute Gasteiger partial charge is 0.388 e. The second-order valence-corrected chi connectivity index (χ2v) is 3.81. The van der Waals surface area contributed by atoms with Crippen molar-refractivity contribution in [2.45, 2.75) is 6.42 Å². The number of nitriles is 1. The van der Waals surface area contributed by atoms with Gasteiger partial charge in [-0.2, -0.15) is 4.99 Å². The van der Waals surface area contributed by atoms with Crippen LogP contribution in [0.5, 0.6) is 5.75 Å². The molecule has 0 unspecified atom stereocenters. The summed E-state index contributed by atoms with van der Waals surface area (Å²) >= 11 is 0. The predicted molar refractivity (Wildman–Crippen MR) is 69.7 cm³/mol. The maximum Gasteiger partial charge on any atom is 0.292 e. The molecule has 0 atom stereocenters. The second-order valence-electron chi connectivity index (χ2n) is 3.81. The normalized spacial score (nSPS) is 9.21. The molecule has 2 aromatic carbocycles. The van der Waals surface area contributed by atoms with Crippen molar-refractivity contribution in [2.75, 3.05) is 0 Å². The first kappa shape index (κ1) is 12.6. The van der Waals surface area contributed by atoms with Gasteiger partial charge in [-0.1, -0.05) is 36.4 Å². The third-order valence-electron chi connectivity index (χ3n) is 2.67. The number of rotatable bonds is 4. The smallest absolute Gasteiger partial charge is 0.292 e. The third-order valence-corrected chi connectivity index (χ3v) is 2.67. The quantitative estimate of drug-likeness (QED) is 0.476. The van der Waals surface area contributed by atoms with Gasteiger partial charge in [0.25, 0.3) is 6.26 Å². The van der Waals surface area contributed by atoms with E-state index in [0.717, 1.165) is 11.1 Å². The van der Waals surface area contributed by atoms with Crippen LogP contribution in [0.1, 0.15) is 11.1 Å². The SMILES string of the molecule is N#COc1ccccc1Cc1ccccc1N=C=O. The molecule has 92 valence electrons. The number of para-hydroxylation sites is 2. The average molecular weight is 250 g/mol. The van der Waals surface area contributed by atoms with Crippen LogP contribution in [0.4, 0.5) is 5.69 Å². The fraction of sp³-hybridized carbons (Fsp3) is 0.0667. The van der Waals surface area contributed by atoms with Gasteiger partial charge in [-0.15, -0.1) is 5.26 Å². The van der Waals surface area contributed by atoms with Crippen molar-refractivity contribution in [3.8, 4) is 12.0 Å². The average Bonchev–Trinajstić information content (AvgIpc) is 2.44. The highest BCUT2D eigenvalue weighted by Gasteiger charge is 2.07. The molecule has 0 aromatic heterocycles. The Balaban J connectivity index is 2.37. The van der Waals surface area contributed by atoms with E-state index in [4.69, 9.17) is 10.00 Å². The second kappa shape index (κ2) is 6.15. The van der Waals surface area contributed by atoms with Gasteiger partial charge in [0.05, 0.1) is 5.69 Å². The van der Waals surface area contributed by atoms with E-state index >= 15 is 0 Å². The lowest BCUT2D eigenvalue weighted by molar-refractivity contribution is 0.501. The molecule has 0 aliphatic rings. The van der Waals surface area contributed by atoms with E-state index < -0.39 is 0 Å². The van der Waals surface area contributed by atoms with Gasteiger partial charge in [0.2, 0.25) is 6.08 Å². The van der Waals surface area contributed by atoms with Crippen LogP contribution in [0, 0.1) is 11.5 Å². The van der Waals surface area contributed by atoms with Crippen LogP contribution in [0.3, 0.4) is 0 Å². The molecule has 0 aliphatic carbocycles. The van der Waals surface area contributed by atoms with Crippen molar-refractivity contribution in [2.24, 2.45) is 4.99 Å². The topological polar surface area (TPSA) is 62.4 Å². The molecule has 4 nitrogen and oxygen atoms in total. The highest BCUT2D eigenvalue weighted by atomic mass is 16.5. The van der Waals surface area contributed by atoms with E-state index in [2.05, 4.69) is 4.99 Å². The lowest BCUT2D eigenvalue weighted by Crippen LogP contribution is -1.93. The Bertz CT molecular complexity index is 668. The lowest BCUT2D eigenvalue weighted by atomic mass is 10.0. The summed E-state index contributed by atoms with van der Waals surface area (Å²) in [6.45, 7) is 0. The van der Waals surface area contributed by atoms with Gasteiger partial charge in [0, 0.05) is 12.0 Å². The number of ether oxygens (including phenoxy) is 1. The minimum Gasteiger partial charge on any atom is -0.388 e. The summed E-state index contributed by atoms with van der Waals surface area (Å²) in [5.74, 6) is 0.509. The van der Waals surface area contributed by atoms with E-state index in [1.165, 1.54) is 0 Å². The summed E-state index contributed by atoms with van der Waals surface area (Å²) in [5.41, 5.74) is 2.31. The summed E-state index contributed by atoms with van der Waals surface area (Å²) < 4.78 is 4.91. The maximum absolute atomic E-state index is 10.4. The first-order valence-electron chi connectivity index (χ1n) is 5.65. The van der Waals surface area contributed by atoms with Gasteiger partial charge >= 0.3 is 0 Å².